The lowest BCUT2D eigenvalue weighted by Gasteiger charge is -2.26. The number of aryl methyl sites for hydroxylation is 1. The van der Waals surface area contributed by atoms with Gasteiger partial charge in [0.25, 0.3) is 5.91 Å². The molecule has 0 bridgehead atoms. The van der Waals surface area contributed by atoms with Crippen molar-refractivity contribution in [1.29, 1.82) is 0 Å². The van der Waals surface area contributed by atoms with Crippen molar-refractivity contribution in [3.05, 3.63) is 77.9 Å². The van der Waals surface area contributed by atoms with Gasteiger partial charge in [0.2, 0.25) is 0 Å². The molecule has 1 atom stereocenters. The maximum Gasteiger partial charge on any atom is 0.254 e. The van der Waals surface area contributed by atoms with E-state index in [1.807, 2.05) is 55.3 Å². The molecule has 3 heterocycles. The number of amides is 1. The zero-order valence-corrected chi connectivity index (χ0v) is 15.4. The van der Waals surface area contributed by atoms with Gasteiger partial charge < -0.3 is 9.64 Å². The number of nitrogens with zero attached hydrogens (tertiary/aromatic N) is 3. The van der Waals surface area contributed by atoms with E-state index in [0.29, 0.717) is 18.7 Å². The number of benzene rings is 1. The van der Waals surface area contributed by atoms with Crippen LogP contribution in [-0.4, -0.2) is 33.4 Å². The van der Waals surface area contributed by atoms with E-state index in [1.54, 1.807) is 18.5 Å². The number of hydrogen-bond acceptors (Lipinski definition) is 4. The largest absolute Gasteiger partial charge is 0.491 e. The summed E-state index contributed by atoms with van der Waals surface area (Å²) in [7, 11) is 0. The molecule has 0 saturated carbocycles. The molecule has 2 aromatic heterocycles. The van der Waals surface area contributed by atoms with Crippen LogP contribution < -0.4 is 4.74 Å². The number of fused-ring (bicyclic) bond motifs is 1. The van der Waals surface area contributed by atoms with Crippen LogP contribution in [0, 0.1) is 6.92 Å². The Morgan fingerprint density at radius 1 is 1.15 bits per heavy atom. The van der Waals surface area contributed by atoms with Gasteiger partial charge in [0, 0.05) is 41.0 Å². The number of carbonyl (C=O) groups excluding carboxylic acids is 1. The molecular weight excluding hydrogens is 338 g/mol. The minimum atomic E-state index is -0.0276. The van der Waals surface area contributed by atoms with Crippen molar-refractivity contribution in [1.82, 2.24) is 14.9 Å². The molecule has 5 heteroatoms. The van der Waals surface area contributed by atoms with Crippen LogP contribution >= 0.6 is 0 Å². The van der Waals surface area contributed by atoms with E-state index >= 15 is 0 Å². The van der Waals surface area contributed by atoms with Crippen LogP contribution in [-0.2, 0) is 6.54 Å². The number of aromatic nitrogens is 2. The van der Waals surface area contributed by atoms with Gasteiger partial charge in [0.1, 0.15) is 12.4 Å². The fourth-order valence-electron chi connectivity index (χ4n) is 3.31. The predicted octanol–water partition coefficient (Wildman–Crippen LogP) is 3.88. The third-order valence-corrected chi connectivity index (χ3v) is 4.81. The van der Waals surface area contributed by atoms with Crippen molar-refractivity contribution in [3.8, 4) is 16.9 Å². The topological polar surface area (TPSA) is 55.3 Å². The van der Waals surface area contributed by atoms with E-state index in [9.17, 15) is 4.79 Å². The second kappa shape index (κ2) is 7.19. The summed E-state index contributed by atoms with van der Waals surface area (Å²) in [4.78, 5) is 23.4. The van der Waals surface area contributed by atoms with Gasteiger partial charge in [-0.05, 0) is 49.7 Å². The van der Waals surface area contributed by atoms with Crippen LogP contribution in [0.15, 0.2) is 61.1 Å². The smallest absolute Gasteiger partial charge is 0.254 e. The van der Waals surface area contributed by atoms with Gasteiger partial charge >= 0.3 is 0 Å². The predicted molar refractivity (Wildman–Crippen MR) is 103 cm³/mol. The molecule has 0 N–H and O–H groups in total. The van der Waals surface area contributed by atoms with Crippen molar-refractivity contribution in [2.75, 3.05) is 6.61 Å². The SMILES string of the molecule is Cc1cc(C(=O)N2Cc3cc(-c4cccnc4)ccc3OC[C@@H]2C)ccn1. The van der Waals surface area contributed by atoms with Gasteiger partial charge in [0.05, 0.1) is 12.6 Å². The molecule has 27 heavy (non-hydrogen) atoms. The zero-order chi connectivity index (χ0) is 18.8. The highest BCUT2D eigenvalue weighted by atomic mass is 16.5. The Kier molecular flexibility index (Phi) is 4.59. The van der Waals surface area contributed by atoms with Crippen LogP contribution in [0.3, 0.4) is 0 Å². The van der Waals surface area contributed by atoms with Crippen molar-refractivity contribution in [3.63, 3.8) is 0 Å². The monoisotopic (exact) mass is 359 g/mol. The first-order chi connectivity index (χ1) is 13.1. The lowest BCUT2D eigenvalue weighted by atomic mass is 10.0. The van der Waals surface area contributed by atoms with Gasteiger partial charge in [-0.25, -0.2) is 0 Å². The standard InChI is InChI=1S/C22H21N3O2/c1-15-10-18(7-9-24-15)22(26)25-13-20-11-17(19-4-3-8-23-12-19)5-6-21(20)27-14-16(25)2/h3-12,16H,13-14H2,1-2H3/t16-/m0/s1. The average Bonchev–Trinajstić information content (AvgIpc) is 2.86. The Labute approximate surface area is 158 Å². The lowest BCUT2D eigenvalue weighted by Crippen LogP contribution is -2.39. The van der Waals surface area contributed by atoms with Crippen LogP contribution in [0.4, 0.5) is 0 Å². The summed E-state index contributed by atoms with van der Waals surface area (Å²) in [6, 6.07) is 13.6. The molecule has 136 valence electrons. The Morgan fingerprint density at radius 3 is 2.81 bits per heavy atom. The first kappa shape index (κ1) is 17.2. The Balaban J connectivity index is 1.68. The molecule has 3 aromatic rings. The lowest BCUT2D eigenvalue weighted by molar-refractivity contribution is 0.0645. The number of rotatable bonds is 2. The summed E-state index contributed by atoms with van der Waals surface area (Å²) >= 11 is 0. The van der Waals surface area contributed by atoms with Crippen molar-refractivity contribution in [2.24, 2.45) is 0 Å². The fourth-order valence-corrected chi connectivity index (χ4v) is 3.31. The summed E-state index contributed by atoms with van der Waals surface area (Å²) < 4.78 is 5.97. The molecule has 0 aliphatic carbocycles. The number of carbonyl (C=O) groups is 1. The fraction of sp³-hybridized carbons (Fsp3) is 0.227. The van der Waals surface area contributed by atoms with Gasteiger partial charge in [-0.1, -0.05) is 12.1 Å². The number of hydrogen-bond donors (Lipinski definition) is 0. The summed E-state index contributed by atoms with van der Waals surface area (Å²) in [5.41, 5.74) is 4.59. The Morgan fingerprint density at radius 2 is 2.04 bits per heavy atom. The normalized spacial score (nSPS) is 16.2. The maximum absolute atomic E-state index is 13.1. The van der Waals surface area contributed by atoms with Gasteiger partial charge in [-0.3, -0.25) is 14.8 Å². The summed E-state index contributed by atoms with van der Waals surface area (Å²) in [5, 5.41) is 0. The molecule has 1 aliphatic rings. The molecule has 1 amide bonds. The molecule has 1 aromatic carbocycles. The molecule has 1 aliphatic heterocycles. The zero-order valence-electron chi connectivity index (χ0n) is 15.4. The van der Waals surface area contributed by atoms with Crippen molar-refractivity contribution < 1.29 is 9.53 Å². The quantitative estimate of drug-likeness (QED) is 0.697. The minimum Gasteiger partial charge on any atom is -0.491 e. The van der Waals surface area contributed by atoms with Crippen LogP contribution in [0.5, 0.6) is 5.75 Å². The molecule has 5 nitrogen and oxygen atoms in total. The highest BCUT2D eigenvalue weighted by Gasteiger charge is 2.27. The highest BCUT2D eigenvalue weighted by molar-refractivity contribution is 5.94. The van der Waals surface area contributed by atoms with E-state index in [2.05, 4.69) is 16.0 Å². The second-order valence-corrected chi connectivity index (χ2v) is 6.84. The summed E-state index contributed by atoms with van der Waals surface area (Å²) in [6.07, 6.45) is 5.27. The summed E-state index contributed by atoms with van der Waals surface area (Å²) in [6.45, 7) is 4.88. The first-order valence-electron chi connectivity index (χ1n) is 9.01. The molecular formula is C22H21N3O2. The number of ether oxygens (including phenoxy) is 1. The van der Waals surface area contributed by atoms with Crippen LogP contribution in [0.25, 0.3) is 11.1 Å². The molecule has 0 spiro atoms. The third kappa shape index (κ3) is 3.53. The molecule has 0 fully saturated rings. The van der Waals surface area contributed by atoms with Crippen LogP contribution in [0.1, 0.15) is 28.5 Å². The van der Waals surface area contributed by atoms with Crippen molar-refractivity contribution >= 4 is 5.91 Å². The van der Waals surface area contributed by atoms with E-state index in [0.717, 1.165) is 28.1 Å². The average molecular weight is 359 g/mol. The van der Waals surface area contributed by atoms with E-state index in [4.69, 9.17) is 4.74 Å². The second-order valence-electron chi connectivity index (χ2n) is 6.84. The molecule has 0 radical (unpaired) electrons. The maximum atomic E-state index is 13.1. The molecule has 4 rings (SSSR count). The highest BCUT2D eigenvalue weighted by Crippen LogP contribution is 2.30. The van der Waals surface area contributed by atoms with E-state index in [-0.39, 0.29) is 11.9 Å². The Bertz CT molecular complexity index is 972. The van der Waals surface area contributed by atoms with Crippen molar-refractivity contribution in [2.45, 2.75) is 26.4 Å². The Hall–Kier alpha value is -3.21. The molecule has 0 unspecified atom stereocenters. The van der Waals surface area contributed by atoms with Gasteiger partial charge in [0.15, 0.2) is 0 Å². The third-order valence-electron chi connectivity index (χ3n) is 4.81. The van der Waals surface area contributed by atoms with Gasteiger partial charge in [-0.15, -0.1) is 0 Å². The summed E-state index contributed by atoms with van der Waals surface area (Å²) in [5.74, 6) is 0.826. The van der Waals surface area contributed by atoms with Gasteiger partial charge in [-0.2, -0.15) is 0 Å². The molecule has 0 saturated heterocycles. The minimum absolute atomic E-state index is 0.00349. The van der Waals surface area contributed by atoms with E-state index in [1.165, 1.54) is 0 Å². The van der Waals surface area contributed by atoms with Crippen LogP contribution in [0.2, 0.25) is 0 Å². The first-order valence-corrected chi connectivity index (χ1v) is 9.01. The number of pyridine rings is 2. The van der Waals surface area contributed by atoms with E-state index < -0.39 is 0 Å².